The molecule has 0 bridgehead atoms. The van der Waals surface area contributed by atoms with Crippen molar-refractivity contribution in [3.05, 3.63) is 64.7 Å². The fourth-order valence-electron chi connectivity index (χ4n) is 2.08. The Morgan fingerprint density at radius 3 is 2.48 bits per heavy atom. The predicted octanol–water partition coefficient (Wildman–Crippen LogP) is 3.77. The summed E-state index contributed by atoms with van der Waals surface area (Å²) in [7, 11) is -3.83. The fraction of sp³-hybridized carbons (Fsp3) is 0.235. The Hall–Kier alpha value is -2.10. The Morgan fingerprint density at radius 2 is 1.81 bits per heavy atom. The number of hydrogen-bond donors (Lipinski definition) is 1. The molecule has 0 unspecified atom stereocenters. The Morgan fingerprint density at radius 1 is 1.11 bits per heavy atom. The molecule has 27 heavy (non-hydrogen) atoms. The zero-order chi connectivity index (χ0) is 20.1. The summed E-state index contributed by atoms with van der Waals surface area (Å²) in [5, 5.41) is 0.248. The Balaban J connectivity index is 1.83. The molecule has 0 atom stereocenters. The van der Waals surface area contributed by atoms with Crippen molar-refractivity contribution in [2.24, 2.45) is 0 Å². The number of rotatable bonds is 7. The van der Waals surface area contributed by atoms with Gasteiger partial charge in [-0.25, -0.2) is 13.1 Å². The standard InChI is InChI=1S/C17H15ClF3NO4S/c18-14-5-2-6-15(10-14)27(24,25)22-8-7-16(23)26-11-12-3-1-4-13(9-12)17(19,20)21/h1-6,9-10,22H,7-8,11H2. The molecular formula is C17H15ClF3NO4S. The second kappa shape index (κ2) is 8.73. The van der Waals surface area contributed by atoms with Gasteiger partial charge in [0, 0.05) is 11.6 Å². The van der Waals surface area contributed by atoms with Crippen LogP contribution in [0.3, 0.4) is 0 Å². The summed E-state index contributed by atoms with van der Waals surface area (Å²) in [4.78, 5) is 11.6. The normalized spacial score (nSPS) is 12.0. The van der Waals surface area contributed by atoms with E-state index in [0.29, 0.717) is 0 Å². The van der Waals surface area contributed by atoms with E-state index in [-0.39, 0.29) is 35.1 Å². The number of halogens is 4. The minimum atomic E-state index is -4.49. The lowest BCUT2D eigenvalue weighted by Crippen LogP contribution is -2.26. The molecule has 0 radical (unpaired) electrons. The van der Waals surface area contributed by atoms with E-state index in [4.69, 9.17) is 16.3 Å². The van der Waals surface area contributed by atoms with Crippen molar-refractivity contribution in [2.45, 2.75) is 24.1 Å². The molecule has 0 aromatic heterocycles. The number of nitrogens with one attached hydrogen (secondary N) is 1. The van der Waals surface area contributed by atoms with Crippen LogP contribution in [0, 0.1) is 0 Å². The average molecular weight is 422 g/mol. The summed E-state index contributed by atoms with van der Waals surface area (Å²) in [6, 6.07) is 10.0. The van der Waals surface area contributed by atoms with Crippen molar-refractivity contribution >= 4 is 27.6 Å². The van der Waals surface area contributed by atoms with Crippen LogP contribution in [0.4, 0.5) is 13.2 Å². The van der Waals surface area contributed by atoms with Crippen molar-refractivity contribution in [1.29, 1.82) is 0 Å². The lowest BCUT2D eigenvalue weighted by molar-refractivity contribution is -0.144. The van der Waals surface area contributed by atoms with Crippen LogP contribution in [0.1, 0.15) is 17.5 Å². The van der Waals surface area contributed by atoms with Crippen molar-refractivity contribution < 1.29 is 31.1 Å². The average Bonchev–Trinajstić information content (AvgIpc) is 2.59. The first-order valence-electron chi connectivity index (χ1n) is 7.65. The van der Waals surface area contributed by atoms with E-state index in [0.717, 1.165) is 12.1 Å². The first-order valence-corrected chi connectivity index (χ1v) is 9.51. The summed E-state index contributed by atoms with van der Waals surface area (Å²) in [6.07, 6.45) is -4.77. The van der Waals surface area contributed by atoms with Gasteiger partial charge in [-0.1, -0.05) is 29.8 Å². The van der Waals surface area contributed by atoms with E-state index in [9.17, 15) is 26.4 Å². The molecule has 0 spiro atoms. The highest BCUT2D eigenvalue weighted by Gasteiger charge is 2.30. The van der Waals surface area contributed by atoms with Crippen LogP contribution in [-0.2, 0) is 32.3 Å². The van der Waals surface area contributed by atoms with Gasteiger partial charge in [-0.2, -0.15) is 13.2 Å². The van der Waals surface area contributed by atoms with Gasteiger partial charge in [0.25, 0.3) is 0 Å². The van der Waals surface area contributed by atoms with Gasteiger partial charge in [-0.15, -0.1) is 0 Å². The third kappa shape index (κ3) is 6.53. The quantitative estimate of drug-likeness (QED) is 0.691. The maximum atomic E-state index is 12.6. The first-order chi connectivity index (χ1) is 12.6. The summed E-state index contributed by atoms with van der Waals surface area (Å²) in [5.41, 5.74) is -0.664. The van der Waals surface area contributed by atoms with Crippen LogP contribution < -0.4 is 4.72 Å². The highest BCUT2D eigenvalue weighted by atomic mass is 35.5. The molecule has 0 heterocycles. The number of hydrogen-bond acceptors (Lipinski definition) is 4. The van der Waals surface area contributed by atoms with Crippen molar-refractivity contribution in [2.75, 3.05) is 6.54 Å². The smallest absolute Gasteiger partial charge is 0.416 e. The second-order valence-corrected chi connectivity index (χ2v) is 7.67. The van der Waals surface area contributed by atoms with Gasteiger partial charge in [0.05, 0.1) is 16.9 Å². The molecule has 2 rings (SSSR count). The Labute approximate surface area is 159 Å². The summed E-state index contributed by atoms with van der Waals surface area (Å²) in [5.74, 6) is -0.749. The maximum absolute atomic E-state index is 12.6. The zero-order valence-corrected chi connectivity index (χ0v) is 15.4. The molecule has 2 aromatic rings. The molecule has 1 N–H and O–H groups in total. The molecule has 0 aliphatic rings. The third-order valence-electron chi connectivity index (χ3n) is 3.38. The molecule has 2 aromatic carbocycles. The largest absolute Gasteiger partial charge is 0.461 e. The van der Waals surface area contributed by atoms with Gasteiger partial charge in [0.15, 0.2) is 0 Å². The third-order valence-corrected chi connectivity index (χ3v) is 5.08. The zero-order valence-electron chi connectivity index (χ0n) is 13.8. The van der Waals surface area contributed by atoms with Crippen LogP contribution in [0.25, 0.3) is 0 Å². The van der Waals surface area contributed by atoms with Gasteiger partial charge in [0.1, 0.15) is 6.61 Å². The predicted molar refractivity (Wildman–Crippen MR) is 92.5 cm³/mol. The van der Waals surface area contributed by atoms with Gasteiger partial charge in [0.2, 0.25) is 10.0 Å². The lowest BCUT2D eigenvalue weighted by atomic mass is 10.1. The molecule has 0 aliphatic carbocycles. The monoisotopic (exact) mass is 421 g/mol. The minimum absolute atomic E-state index is 0.0488. The van der Waals surface area contributed by atoms with Gasteiger partial charge in [-0.05, 0) is 35.9 Å². The number of benzene rings is 2. The number of ether oxygens (including phenoxy) is 1. The summed E-state index contributed by atoms with van der Waals surface area (Å²) >= 11 is 5.74. The van der Waals surface area contributed by atoms with E-state index in [1.165, 1.54) is 36.4 Å². The Kier molecular flexibility index (Phi) is 6.85. The van der Waals surface area contributed by atoms with Crippen molar-refractivity contribution in [1.82, 2.24) is 4.72 Å². The Bertz CT molecular complexity index is 916. The van der Waals surface area contributed by atoms with Crippen LogP contribution >= 0.6 is 11.6 Å². The topological polar surface area (TPSA) is 72.5 Å². The van der Waals surface area contributed by atoms with Gasteiger partial charge >= 0.3 is 12.1 Å². The summed E-state index contributed by atoms with van der Waals surface area (Å²) in [6.45, 7) is -0.569. The van der Waals surface area contributed by atoms with Crippen LogP contribution in [0.5, 0.6) is 0 Å². The lowest BCUT2D eigenvalue weighted by Gasteiger charge is -2.10. The number of esters is 1. The van der Waals surface area contributed by atoms with Crippen molar-refractivity contribution in [3.63, 3.8) is 0 Å². The molecule has 0 fully saturated rings. The van der Waals surface area contributed by atoms with Crippen LogP contribution in [0.15, 0.2) is 53.4 Å². The molecule has 0 saturated carbocycles. The van der Waals surface area contributed by atoms with Gasteiger partial charge in [-0.3, -0.25) is 4.79 Å². The number of alkyl halides is 3. The molecular weight excluding hydrogens is 407 g/mol. The van der Waals surface area contributed by atoms with Crippen molar-refractivity contribution in [3.8, 4) is 0 Å². The van der Waals surface area contributed by atoms with E-state index in [2.05, 4.69) is 4.72 Å². The summed E-state index contributed by atoms with van der Waals surface area (Å²) < 4.78 is 69.1. The second-order valence-electron chi connectivity index (χ2n) is 5.46. The number of carbonyl (C=O) groups excluding carboxylic acids is 1. The van der Waals surface area contributed by atoms with E-state index in [1.807, 2.05) is 0 Å². The highest BCUT2D eigenvalue weighted by Crippen LogP contribution is 2.29. The first kappa shape index (κ1) is 21.2. The molecule has 146 valence electrons. The maximum Gasteiger partial charge on any atom is 0.416 e. The molecule has 0 amide bonds. The molecule has 10 heteroatoms. The van der Waals surface area contributed by atoms with E-state index < -0.39 is 27.7 Å². The van der Waals surface area contributed by atoms with Crippen LogP contribution in [-0.4, -0.2) is 20.9 Å². The molecule has 0 aliphatic heterocycles. The minimum Gasteiger partial charge on any atom is -0.461 e. The fourth-order valence-corrected chi connectivity index (χ4v) is 3.41. The molecule has 5 nitrogen and oxygen atoms in total. The van der Waals surface area contributed by atoms with E-state index in [1.54, 1.807) is 0 Å². The molecule has 0 saturated heterocycles. The number of carbonyl (C=O) groups is 1. The number of sulfonamides is 1. The highest BCUT2D eigenvalue weighted by molar-refractivity contribution is 7.89. The van der Waals surface area contributed by atoms with Crippen LogP contribution in [0.2, 0.25) is 5.02 Å². The van der Waals surface area contributed by atoms with E-state index >= 15 is 0 Å². The van der Waals surface area contributed by atoms with Gasteiger partial charge < -0.3 is 4.74 Å². The SMILES string of the molecule is O=C(CCNS(=O)(=O)c1cccc(Cl)c1)OCc1cccc(C(F)(F)F)c1.